The van der Waals surface area contributed by atoms with Crippen LogP contribution in [0.25, 0.3) is 33.8 Å². The van der Waals surface area contributed by atoms with Gasteiger partial charge in [-0.05, 0) is 80.0 Å². The van der Waals surface area contributed by atoms with Gasteiger partial charge in [-0.1, -0.05) is 61.0 Å². The smallest absolute Gasteiger partial charge is 0.341 e. The molecule has 1 unspecified atom stereocenters. The highest BCUT2D eigenvalue weighted by molar-refractivity contribution is 5.90. The van der Waals surface area contributed by atoms with E-state index in [9.17, 15) is 4.79 Å². The number of aryl methyl sites for hydroxylation is 1. The van der Waals surface area contributed by atoms with Gasteiger partial charge in [0.25, 0.3) is 0 Å². The van der Waals surface area contributed by atoms with Crippen LogP contribution in [0.5, 0.6) is 0 Å². The summed E-state index contributed by atoms with van der Waals surface area (Å²) in [7, 11) is 1.79. The van der Waals surface area contributed by atoms with Gasteiger partial charge in [-0.25, -0.2) is 14.5 Å². The summed E-state index contributed by atoms with van der Waals surface area (Å²) in [6.07, 6.45) is 7.91. The monoisotopic (exact) mass is 521 g/mol. The first-order chi connectivity index (χ1) is 19.0. The zero-order chi connectivity index (χ0) is 27.4. The topological polar surface area (TPSA) is 66.2 Å². The number of allylic oxidation sites excluding steroid dienone is 1. The summed E-state index contributed by atoms with van der Waals surface area (Å²) in [6.45, 7) is 6.22. The van der Waals surface area contributed by atoms with Crippen molar-refractivity contribution in [2.24, 2.45) is 0 Å². The van der Waals surface area contributed by atoms with Gasteiger partial charge in [0.2, 0.25) is 0 Å². The minimum absolute atomic E-state index is 0.323. The molecule has 1 aliphatic carbocycles. The van der Waals surface area contributed by atoms with Crippen LogP contribution < -0.4 is 0 Å². The van der Waals surface area contributed by atoms with E-state index in [2.05, 4.69) is 60.6 Å². The van der Waals surface area contributed by atoms with Gasteiger partial charge < -0.3 is 9.47 Å². The number of carbonyl (C=O) groups excluding carboxylic acids is 1. The molecule has 5 rings (SSSR count). The summed E-state index contributed by atoms with van der Waals surface area (Å²) in [5.41, 5.74) is 9.26. The molecule has 200 valence electrons. The summed E-state index contributed by atoms with van der Waals surface area (Å²) >= 11 is 0. The number of hydrogen-bond donors (Lipinski definition) is 0. The summed E-state index contributed by atoms with van der Waals surface area (Å²) in [6, 6.07) is 21.2. The predicted octanol–water partition coefficient (Wildman–Crippen LogP) is 7.23. The van der Waals surface area contributed by atoms with Gasteiger partial charge in [0.15, 0.2) is 5.82 Å². The number of hydrogen-bond acceptors (Lipinski definition) is 5. The number of aromatic nitrogens is 3. The summed E-state index contributed by atoms with van der Waals surface area (Å²) in [5.74, 6) is 0.310. The lowest BCUT2D eigenvalue weighted by Gasteiger charge is -2.21. The zero-order valence-corrected chi connectivity index (χ0v) is 23.1. The number of methoxy groups -OCH3 is 1. The number of nitrogens with zero attached hydrogens (tertiary/aromatic N) is 3. The first kappa shape index (κ1) is 26.6. The van der Waals surface area contributed by atoms with Gasteiger partial charge in [0.05, 0.1) is 30.3 Å². The van der Waals surface area contributed by atoms with Crippen molar-refractivity contribution in [2.45, 2.75) is 52.6 Å². The Balaban J connectivity index is 1.49. The predicted molar refractivity (Wildman–Crippen MR) is 155 cm³/mol. The molecule has 0 radical (unpaired) electrons. The third-order valence-electron chi connectivity index (χ3n) is 7.36. The molecule has 1 aliphatic rings. The Morgan fingerprint density at radius 3 is 2.51 bits per heavy atom. The lowest BCUT2D eigenvalue weighted by atomic mass is 9.90. The van der Waals surface area contributed by atoms with Gasteiger partial charge in [-0.3, -0.25) is 0 Å². The standard InChI is InChI=1S/C33H35N3O3/c1-5-31-29(33(37)39-6-2)21-34-36(31)32-9-7-8-30(35-32)28-20-22(3)10-19-27(28)25-13-11-23(12-14-25)24-15-17-26(38-4)18-16-24/h7-15,19-21,26H,5-6,16-18H2,1-4H3. The average molecular weight is 522 g/mol. The van der Waals surface area contributed by atoms with Crippen LogP contribution in [0.2, 0.25) is 0 Å². The first-order valence-electron chi connectivity index (χ1n) is 13.7. The zero-order valence-electron chi connectivity index (χ0n) is 23.1. The van der Waals surface area contributed by atoms with Crippen LogP contribution in [0, 0.1) is 6.92 Å². The van der Waals surface area contributed by atoms with Crippen molar-refractivity contribution in [1.29, 1.82) is 0 Å². The lowest BCUT2D eigenvalue weighted by molar-refractivity contribution is 0.0525. The highest BCUT2D eigenvalue weighted by Gasteiger charge is 2.20. The van der Waals surface area contributed by atoms with Gasteiger partial charge in [0.1, 0.15) is 5.56 Å². The van der Waals surface area contributed by atoms with Crippen molar-refractivity contribution >= 4 is 11.5 Å². The molecule has 1 atom stereocenters. The molecule has 0 spiro atoms. The fourth-order valence-corrected chi connectivity index (χ4v) is 5.25. The van der Waals surface area contributed by atoms with E-state index in [1.807, 2.05) is 25.1 Å². The molecule has 2 aromatic heterocycles. The van der Waals surface area contributed by atoms with E-state index in [4.69, 9.17) is 14.5 Å². The van der Waals surface area contributed by atoms with Gasteiger partial charge >= 0.3 is 5.97 Å². The molecular weight excluding hydrogens is 486 g/mol. The first-order valence-corrected chi connectivity index (χ1v) is 13.7. The third kappa shape index (κ3) is 5.57. The number of carbonyl (C=O) groups is 1. The Bertz CT molecular complexity index is 1500. The van der Waals surface area contributed by atoms with E-state index in [-0.39, 0.29) is 5.97 Å². The Labute approximate surface area is 230 Å². The Hall–Kier alpha value is -4.03. The second kappa shape index (κ2) is 11.8. The minimum Gasteiger partial charge on any atom is -0.462 e. The lowest BCUT2D eigenvalue weighted by Crippen LogP contribution is -2.13. The minimum atomic E-state index is -0.358. The van der Waals surface area contributed by atoms with Gasteiger partial charge in [-0.15, -0.1) is 0 Å². The molecule has 0 bridgehead atoms. The molecule has 0 fully saturated rings. The molecule has 0 saturated carbocycles. The van der Waals surface area contributed by atoms with Crippen LogP contribution in [-0.2, 0) is 15.9 Å². The highest BCUT2D eigenvalue weighted by Crippen LogP contribution is 2.35. The molecule has 2 aromatic carbocycles. The molecule has 4 aromatic rings. The second-order valence-corrected chi connectivity index (χ2v) is 9.86. The van der Waals surface area contributed by atoms with Crippen LogP contribution in [0.4, 0.5) is 0 Å². The number of esters is 1. The maximum absolute atomic E-state index is 12.4. The van der Waals surface area contributed by atoms with Crippen LogP contribution in [-0.4, -0.2) is 40.6 Å². The molecule has 0 N–H and O–H groups in total. The fourth-order valence-electron chi connectivity index (χ4n) is 5.25. The van der Waals surface area contributed by atoms with E-state index in [1.165, 1.54) is 11.1 Å². The molecule has 39 heavy (non-hydrogen) atoms. The Morgan fingerprint density at radius 2 is 1.82 bits per heavy atom. The normalized spacial score (nSPS) is 15.2. The van der Waals surface area contributed by atoms with Crippen molar-refractivity contribution in [3.63, 3.8) is 0 Å². The van der Waals surface area contributed by atoms with Crippen molar-refractivity contribution in [3.8, 4) is 28.2 Å². The molecule has 6 heteroatoms. The summed E-state index contributed by atoms with van der Waals surface area (Å²) < 4.78 is 12.5. The number of pyridine rings is 1. The molecular formula is C33H35N3O3. The third-order valence-corrected chi connectivity index (χ3v) is 7.36. The van der Waals surface area contributed by atoms with Crippen molar-refractivity contribution in [1.82, 2.24) is 14.8 Å². The molecule has 0 saturated heterocycles. The number of benzene rings is 2. The Kier molecular flexibility index (Phi) is 8.03. The van der Waals surface area contributed by atoms with Gasteiger partial charge in [0, 0.05) is 12.7 Å². The number of ether oxygens (including phenoxy) is 2. The molecule has 2 heterocycles. The summed E-state index contributed by atoms with van der Waals surface area (Å²) in [4.78, 5) is 17.4. The van der Waals surface area contributed by atoms with Crippen molar-refractivity contribution in [2.75, 3.05) is 13.7 Å². The average Bonchev–Trinajstić information content (AvgIpc) is 3.42. The van der Waals surface area contributed by atoms with Crippen LogP contribution in [0.15, 0.2) is 72.9 Å². The second-order valence-electron chi connectivity index (χ2n) is 9.86. The van der Waals surface area contributed by atoms with Crippen LogP contribution in [0.3, 0.4) is 0 Å². The number of rotatable bonds is 8. The maximum Gasteiger partial charge on any atom is 0.341 e. The van der Waals surface area contributed by atoms with E-state index < -0.39 is 0 Å². The highest BCUT2D eigenvalue weighted by atomic mass is 16.5. The molecule has 6 nitrogen and oxygen atoms in total. The van der Waals surface area contributed by atoms with Crippen molar-refractivity contribution < 1.29 is 14.3 Å². The fraction of sp³-hybridized carbons (Fsp3) is 0.303. The van der Waals surface area contributed by atoms with Crippen molar-refractivity contribution in [3.05, 3.63) is 95.3 Å². The Morgan fingerprint density at radius 1 is 1.03 bits per heavy atom. The van der Waals surface area contributed by atoms with E-state index in [1.54, 1.807) is 24.9 Å². The quantitative estimate of drug-likeness (QED) is 0.229. The van der Waals surface area contributed by atoms with E-state index in [0.717, 1.165) is 52.9 Å². The van der Waals surface area contributed by atoms with Crippen LogP contribution >= 0.6 is 0 Å². The van der Waals surface area contributed by atoms with Gasteiger partial charge in [-0.2, -0.15) is 5.10 Å². The SMILES string of the molecule is CCOC(=O)c1cnn(-c2cccc(-c3cc(C)ccc3-c3ccc(C4=CCC(OC)CC4)cc3)n2)c1CC. The van der Waals surface area contributed by atoms with E-state index in [0.29, 0.717) is 30.5 Å². The van der Waals surface area contributed by atoms with Crippen LogP contribution in [0.1, 0.15) is 60.3 Å². The molecule has 0 amide bonds. The summed E-state index contributed by atoms with van der Waals surface area (Å²) in [5, 5.41) is 4.50. The molecule has 0 aliphatic heterocycles. The van der Waals surface area contributed by atoms with E-state index >= 15 is 0 Å². The largest absolute Gasteiger partial charge is 0.462 e. The maximum atomic E-state index is 12.4.